The van der Waals surface area contributed by atoms with Crippen molar-refractivity contribution in [3.05, 3.63) is 23.0 Å². The molecule has 1 fully saturated rings. The number of nitrogens with zero attached hydrogens (tertiary/aromatic N) is 1. The minimum atomic E-state index is -3.29. The van der Waals surface area contributed by atoms with E-state index in [4.69, 9.17) is 11.6 Å². The van der Waals surface area contributed by atoms with Gasteiger partial charge in [0, 0.05) is 12.2 Å². The molecule has 0 spiro atoms. The summed E-state index contributed by atoms with van der Waals surface area (Å²) in [6.07, 6.45) is 6.14. The molecule has 90 valence electrons. The molecular formula is C10H15ClN2O2S. The first-order chi connectivity index (χ1) is 7.48. The third-order valence-corrected chi connectivity index (χ3v) is 4.24. The van der Waals surface area contributed by atoms with Gasteiger partial charge < -0.3 is 5.32 Å². The van der Waals surface area contributed by atoms with Crippen LogP contribution in [0, 0.1) is 0 Å². The highest BCUT2D eigenvalue weighted by atomic mass is 35.5. The molecule has 0 aromatic carbocycles. The van der Waals surface area contributed by atoms with Crippen LogP contribution in [0.3, 0.4) is 0 Å². The molecule has 2 rings (SSSR count). The fourth-order valence-corrected chi connectivity index (χ4v) is 3.25. The second-order valence-electron chi connectivity index (χ2n) is 4.16. The molecule has 0 radical (unpaired) electrons. The van der Waals surface area contributed by atoms with Crippen molar-refractivity contribution in [1.82, 2.24) is 9.29 Å². The summed E-state index contributed by atoms with van der Waals surface area (Å²) in [4.78, 5) is 0. The summed E-state index contributed by atoms with van der Waals surface area (Å²) < 4.78 is 23.9. The topological polar surface area (TPSA) is 51.1 Å². The zero-order chi connectivity index (χ0) is 11.8. The molecule has 0 bridgehead atoms. The van der Waals surface area contributed by atoms with Crippen molar-refractivity contribution in [2.45, 2.75) is 25.3 Å². The molecular weight excluding hydrogens is 248 g/mol. The van der Waals surface area contributed by atoms with Crippen molar-refractivity contribution in [3.63, 3.8) is 0 Å². The Morgan fingerprint density at radius 3 is 2.75 bits per heavy atom. The lowest BCUT2D eigenvalue weighted by Crippen LogP contribution is -2.26. The fourth-order valence-electron chi connectivity index (χ4n) is 2.02. The van der Waals surface area contributed by atoms with Gasteiger partial charge in [0.25, 0.3) is 0 Å². The highest BCUT2D eigenvalue weighted by Gasteiger charge is 2.19. The molecule has 1 aliphatic heterocycles. The molecule has 1 N–H and O–H groups in total. The van der Waals surface area contributed by atoms with E-state index >= 15 is 0 Å². The maximum Gasteiger partial charge on any atom is 0.236 e. The first-order valence-corrected chi connectivity index (χ1v) is 7.53. The zero-order valence-electron chi connectivity index (χ0n) is 9.11. The Kier molecular flexibility index (Phi) is 3.28. The lowest BCUT2D eigenvalue weighted by Gasteiger charge is -2.22. The van der Waals surface area contributed by atoms with Crippen molar-refractivity contribution < 1.29 is 8.42 Å². The van der Waals surface area contributed by atoms with Crippen molar-refractivity contribution in [1.29, 1.82) is 0 Å². The van der Waals surface area contributed by atoms with E-state index in [1.807, 2.05) is 0 Å². The predicted octanol–water partition coefficient (Wildman–Crippen LogP) is 1.76. The van der Waals surface area contributed by atoms with Gasteiger partial charge in [-0.1, -0.05) is 18.0 Å². The van der Waals surface area contributed by atoms with E-state index in [2.05, 4.69) is 5.32 Å². The van der Waals surface area contributed by atoms with Crippen LogP contribution < -0.4 is 5.32 Å². The van der Waals surface area contributed by atoms with E-state index in [1.165, 1.54) is 12.8 Å². The summed E-state index contributed by atoms with van der Waals surface area (Å²) in [5.74, 6) is 0. The molecule has 6 heteroatoms. The molecule has 1 aromatic heterocycles. The highest BCUT2D eigenvalue weighted by Crippen LogP contribution is 2.27. The van der Waals surface area contributed by atoms with Crippen molar-refractivity contribution in [2.75, 3.05) is 12.8 Å². The first kappa shape index (κ1) is 12.0. The van der Waals surface area contributed by atoms with Crippen LogP contribution in [0.2, 0.25) is 5.15 Å². The largest absolute Gasteiger partial charge is 0.310 e. The van der Waals surface area contributed by atoms with Gasteiger partial charge in [0.2, 0.25) is 10.0 Å². The van der Waals surface area contributed by atoms with Crippen LogP contribution in [0.25, 0.3) is 0 Å². The lowest BCUT2D eigenvalue weighted by atomic mass is 10.0. The molecule has 4 nitrogen and oxygen atoms in total. The summed E-state index contributed by atoms with van der Waals surface area (Å²) >= 11 is 5.90. The van der Waals surface area contributed by atoms with Crippen LogP contribution in [0.1, 0.15) is 30.9 Å². The predicted molar refractivity (Wildman–Crippen MR) is 64.3 cm³/mol. The van der Waals surface area contributed by atoms with Gasteiger partial charge in [0.1, 0.15) is 5.15 Å². The smallest absolute Gasteiger partial charge is 0.236 e. The minimum absolute atomic E-state index is 0.231. The fraction of sp³-hybridized carbons (Fsp3) is 0.600. The van der Waals surface area contributed by atoms with Gasteiger partial charge in [0.15, 0.2) is 0 Å². The second kappa shape index (κ2) is 4.39. The number of piperidine rings is 1. The quantitative estimate of drug-likeness (QED) is 0.884. The van der Waals surface area contributed by atoms with E-state index in [0.29, 0.717) is 0 Å². The van der Waals surface area contributed by atoms with E-state index in [9.17, 15) is 8.42 Å². The van der Waals surface area contributed by atoms with Crippen LogP contribution in [0.4, 0.5) is 0 Å². The summed E-state index contributed by atoms with van der Waals surface area (Å²) in [6.45, 7) is 0.979. The average molecular weight is 263 g/mol. The molecule has 1 aromatic rings. The summed E-state index contributed by atoms with van der Waals surface area (Å²) in [6, 6.07) is 1.96. The molecule has 1 unspecified atom stereocenters. The van der Waals surface area contributed by atoms with Crippen LogP contribution >= 0.6 is 11.6 Å². The van der Waals surface area contributed by atoms with Crippen LogP contribution in [0.15, 0.2) is 12.3 Å². The number of hydrogen-bond donors (Lipinski definition) is 1. The SMILES string of the molecule is CS(=O)(=O)n1cc(C2CCCCN2)cc1Cl. The third-order valence-electron chi connectivity index (χ3n) is 2.83. The van der Waals surface area contributed by atoms with Crippen LogP contribution in [0.5, 0.6) is 0 Å². The van der Waals surface area contributed by atoms with E-state index in [1.54, 1.807) is 12.3 Å². The Labute approximate surface area is 101 Å². The maximum absolute atomic E-state index is 11.4. The van der Waals surface area contributed by atoms with Crippen molar-refractivity contribution in [2.24, 2.45) is 0 Å². The molecule has 0 aliphatic carbocycles. The molecule has 1 aliphatic rings. The Morgan fingerprint density at radius 1 is 1.50 bits per heavy atom. The van der Waals surface area contributed by atoms with E-state index < -0.39 is 10.0 Å². The van der Waals surface area contributed by atoms with Crippen molar-refractivity contribution >= 4 is 21.6 Å². The van der Waals surface area contributed by atoms with Crippen LogP contribution in [-0.4, -0.2) is 25.2 Å². The van der Waals surface area contributed by atoms with Gasteiger partial charge in [0.05, 0.1) is 6.26 Å². The Bertz CT molecular complexity index is 475. The van der Waals surface area contributed by atoms with Gasteiger partial charge in [-0.25, -0.2) is 12.4 Å². The highest BCUT2D eigenvalue weighted by molar-refractivity contribution is 7.89. The van der Waals surface area contributed by atoms with Gasteiger partial charge in [-0.2, -0.15) is 0 Å². The molecule has 0 amide bonds. The Balaban J connectivity index is 2.30. The molecule has 1 atom stereocenters. The first-order valence-electron chi connectivity index (χ1n) is 5.30. The number of halogens is 1. The van der Waals surface area contributed by atoms with E-state index in [-0.39, 0.29) is 11.2 Å². The van der Waals surface area contributed by atoms with Gasteiger partial charge in [-0.15, -0.1) is 0 Å². The summed E-state index contributed by atoms with van der Waals surface area (Å²) in [5.41, 5.74) is 0.954. The van der Waals surface area contributed by atoms with Gasteiger partial charge in [-0.3, -0.25) is 0 Å². The lowest BCUT2D eigenvalue weighted by molar-refractivity contribution is 0.412. The molecule has 16 heavy (non-hydrogen) atoms. The minimum Gasteiger partial charge on any atom is -0.310 e. The molecule has 0 saturated carbocycles. The Morgan fingerprint density at radius 2 is 2.25 bits per heavy atom. The second-order valence-corrected chi connectivity index (χ2v) is 6.40. The molecule has 1 saturated heterocycles. The number of nitrogens with one attached hydrogen (secondary N) is 1. The summed E-state index contributed by atoms with van der Waals surface area (Å²) in [7, 11) is -3.29. The number of hydrogen-bond acceptors (Lipinski definition) is 3. The monoisotopic (exact) mass is 262 g/mol. The summed E-state index contributed by atoms with van der Waals surface area (Å²) in [5, 5.41) is 3.62. The molecule has 2 heterocycles. The number of rotatable bonds is 2. The maximum atomic E-state index is 11.4. The number of aromatic nitrogens is 1. The van der Waals surface area contributed by atoms with Crippen LogP contribution in [-0.2, 0) is 10.0 Å². The average Bonchev–Trinajstić information content (AvgIpc) is 2.61. The Hall–Kier alpha value is -0.520. The van der Waals surface area contributed by atoms with Gasteiger partial charge >= 0.3 is 0 Å². The normalized spacial score (nSPS) is 22.2. The zero-order valence-corrected chi connectivity index (χ0v) is 10.7. The van der Waals surface area contributed by atoms with Gasteiger partial charge in [-0.05, 0) is 31.0 Å². The van der Waals surface area contributed by atoms with Crippen molar-refractivity contribution in [3.8, 4) is 0 Å². The third kappa shape index (κ3) is 2.42. The standard InChI is InChI=1S/C10H15ClN2O2S/c1-16(14,15)13-7-8(6-10(13)11)9-4-2-3-5-12-9/h6-7,9,12H,2-5H2,1H3. The van der Waals surface area contributed by atoms with E-state index in [0.717, 1.165) is 28.8 Å².